The quantitative estimate of drug-likeness (QED) is 0.750. The fraction of sp³-hybridized carbons (Fsp3) is 0.562. The standard InChI is InChI=1S/C16H20ClN3O2/c1-16(2,3)12-10(15(21)20-7-5-4-6-8-20)11-13(17)18-9-19-14(11)22-12/h9H,4-8H2,1-3H3. The first-order valence-electron chi connectivity index (χ1n) is 7.62. The van der Waals surface area contributed by atoms with Crippen LogP contribution >= 0.6 is 11.6 Å². The van der Waals surface area contributed by atoms with E-state index in [0.717, 1.165) is 25.9 Å². The lowest BCUT2D eigenvalue weighted by molar-refractivity contribution is 0.0721. The Morgan fingerprint density at radius 2 is 1.91 bits per heavy atom. The summed E-state index contributed by atoms with van der Waals surface area (Å²) < 4.78 is 5.87. The van der Waals surface area contributed by atoms with Crippen molar-refractivity contribution in [3.63, 3.8) is 0 Å². The number of halogens is 1. The molecule has 0 N–H and O–H groups in total. The molecule has 5 nitrogen and oxygen atoms in total. The lowest BCUT2D eigenvalue weighted by Crippen LogP contribution is -2.36. The van der Waals surface area contributed by atoms with Crippen LogP contribution in [-0.2, 0) is 5.41 Å². The Hall–Kier alpha value is -1.62. The van der Waals surface area contributed by atoms with Gasteiger partial charge in [0.25, 0.3) is 5.91 Å². The van der Waals surface area contributed by atoms with Gasteiger partial charge < -0.3 is 9.32 Å². The molecule has 118 valence electrons. The van der Waals surface area contributed by atoms with E-state index in [1.54, 1.807) is 0 Å². The largest absolute Gasteiger partial charge is 0.441 e. The van der Waals surface area contributed by atoms with E-state index in [2.05, 4.69) is 9.97 Å². The molecule has 0 atom stereocenters. The summed E-state index contributed by atoms with van der Waals surface area (Å²) in [5.41, 5.74) is 0.588. The third-order valence-electron chi connectivity index (χ3n) is 3.98. The number of rotatable bonds is 1. The second-order valence-corrected chi connectivity index (χ2v) is 7.11. The van der Waals surface area contributed by atoms with Gasteiger partial charge in [-0.1, -0.05) is 32.4 Å². The molecule has 1 aliphatic heterocycles. The maximum Gasteiger partial charge on any atom is 0.258 e. The van der Waals surface area contributed by atoms with E-state index in [-0.39, 0.29) is 16.5 Å². The third-order valence-corrected chi connectivity index (χ3v) is 4.27. The van der Waals surface area contributed by atoms with E-state index in [1.807, 2.05) is 25.7 Å². The molecule has 0 aliphatic carbocycles. The van der Waals surface area contributed by atoms with Crippen LogP contribution in [-0.4, -0.2) is 33.9 Å². The number of nitrogens with zero attached hydrogens (tertiary/aromatic N) is 3. The molecule has 0 radical (unpaired) electrons. The summed E-state index contributed by atoms with van der Waals surface area (Å²) in [6, 6.07) is 0. The van der Waals surface area contributed by atoms with E-state index >= 15 is 0 Å². The summed E-state index contributed by atoms with van der Waals surface area (Å²) in [5.74, 6) is 0.598. The van der Waals surface area contributed by atoms with Crippen LogP contribution in [0.25, 0.3) is 11.1 Å². The molecule has 1 amide bonds. The number of amides is 1. The average Bonchev–Trinajstić information content (AvgIpc) is 2.88. The molecule has 3 heterocycles. The minimum absolute atomic E-state index is 0.0277. The number of likely N-dealkylation sites (tertiary alicyclic amines) is 1. The van der Waals surface area contributed by atoms with Gasteiger partial charge in [-0.2, -0.15) is 0 Å². The van der Waals surface area contributed by atoms with Crippen LogP contribution in [0.3, 0.4) is 0 Å². The van der Waals surface area contributed by atoms with Crippen LogP contribution in [0.15, 0.2) is 10.7 Å². The number of carbonyl (C=O) groups is 1. The molecule has 22 heavy (non-hydrogen) atoms. The molecular formula is C16H20ClN3O2. The molecule has 2 aromatic heterocycles. The Balaban J connectivity index is 2.19. The van der Waals surface area contributed by atoms with Crippen LogP contribution in [0.2, 0.25) is 5.15 Å². The number of hydrogen-bond acceptors (Lipinski definition) is 4. The van der Waals surface area contributed by atoms with Gasteiger partial charge in [0.2, 0.25) is 5.71 Å². The van der Waals surface area contributed by atoms with E-state index in [9.17, 15) is 4.79 Å². The average molecular weight is 322 g/mol. The van der Waals surface area contributed by atoms with Crippen molar-refractivity contribution in [2.24, 2.45) is 0 Å². The van der Waals surface area contributed by atoms with E-state index in [4.69, 9.17) is 16.0 Å². The van der Waals surface area contributed by atoms with Gasteiger partial charge >= 0.3 is 0 Å². The summed E-state index contributed by atoms with van der Waals surface area (Å²) in [6.07, 6.45) is 4.61. The molecule has 0 aromatic carbocycles. The predicted molar refractivity (Wildman–Crippen MR) is 85.3 cm³/mol. The second kappa shape index (κ2) is 5.54. The number of hydrogen-bond donors (Lipinski definition) is 0. The van der Waals surface area contributed by atoms with Gasteiger partial charge in [0.1, 0.15) is 17.2 Å². The number of fused-ring (bicyclic) bond motifs is 1. The van der Waals surface area contributed by atoms with Crippen molar-refractivity contribution >= 4 is 28.6 Å². The first-order valence-corrected chi connectivity index (χ1v) is 8.00. The van der Waals surface area contributed by atoms with Crippen LogP contribution in [0.5, 0.6) is 0 Å². The van der Waals surface area contributed by atoms with Crippen molar-refractivity contribution in [2.75, 3.05) is 13.1 Å². The van der Waals surface area contributed by atoms with Gasteiger partial charge in [-0.05, 0) is 19.3 Å². The number of piperidine rings is 1. The summed E-state index contributed by atoms with van der Waals surface area (Å²) in [6.45, 7) is 7.60. The minimum atomic E-state index is -0.315. The predicted octanol–water partition coefficient (Wildman–Crippen LogP) is 3.80. The van der Waals surface area contributed by atoms with Gasteiger partial charge in [-0.25, -0.2) is 9.97 Å². The van der Waals surface area contributed by atoms with Crippen molar-refractivity contribution < 1.29 is 9.21 Å². The minimum Gasteiger partial charge on any atom is -0.441 e. The zero-order valence-corrected chi connectivity index (χ0v) is 13.9. The molecule has 0 unspecified atom stereocenters. The Bertz CT molecular complexity index is 712. The Morgan fingerprint density at radius 1 is 1.23 bits per heavy atom. The fourth-order valence-corrected chi connectivity index (χ4v) is 3.10. The van der Waals surface area contributed by atoms with Crippen molar-refractivity contribution in [3.05, 3.63) is 22.8 Å². The summed E-state index contributed by atoms with van der Waals surface area (Å²) >= 11 is 6.23. The monoisotopic (exact) mass is 321 g/mol. The van der Waals surface area contributed by atoms with Crippen LogP contribution in [0, 0.1) is 0 Å². The molecule has 1 saturated heterocycles. The first-order chi connectivity index (χ1) is 10.4. The molecular weight excluding hydrogens is 302 g/mol. The van der Waals surface area contributed by atoms with Gasteiger partial charge in [0, 0.05) is 18.5 Å². The smallest absolute Gasteiger partial charge is 0.258 e. The van der Waals surface area contributed by atoms with Crippen LogP contribution in [0.1, 0.15) is 56.2 Å². The van der Waals surface area contributed by atoms with E-state index < -0.39 is 0 Å². The zero-order valence-electron chi connectivity index (χ0n) is 13.1. The third kappa shape index (κ3) is 2.58. The lowest BCUT2D eigenvalue weighted by Gasteiger charge is -2.27. The Kier molecular flexibility index (Phi) is 3.85. The highest BCUT2D eigenvalue weighted by Crippen LogP contribution is 2.37. The number of furan rings is 1. The van der Waals surface area contributed by atoms with Gasteiger partial charge in [-0.15, -0.1) is 0 Å². The summed E-state index contributed by atoms with van der Waals surface area (Å²) in [4.78, 5) is 23.1. The molecule has 1 fully saturated rings. The van der Waals surface area contributed by atoms with Crippen LogP contribution in [0.4, 0.5) is 0 Å². The molecule has 3 rings (SSSR count). The maximum absolute atomic E-state index is 13.0. The van der Waals surface area contributed by atoms with Crippen molar-refractivity contribution in [2.45, 2.75) is 45.4 Å². The van der Waals surface area contributed by atoms with Crippen molar-refractivity contribution in [3.8, 4) is 0 Å². The zero-order chi connectivity index (χ0) is 15.9. The first kappa shape index (κ1) is 15.3. The van der Waals surface area contributed by atoms with E-state index in [1.165, 1.54) is 12.7 Å². The highest BCUT2D eigenvalue weighted by Gasteiger charge is 2.33. The molecule has 0 saturated carbocycles. The molecule has 6 heteroatoms. The maximum atomic E-state index is 13.0. The SMILES string of the molecule is CC(C)(C)c1oc2ncnc(Cl)c2c1C(=O)N1CCCCC1. The fourth-order valence-electron chi connectivity index (χ4n) is 2.89. The molecule has 2 aromatic rings. The summed E-state index contributed by atoms with van der Waals surface area (Å²) in [5, 5.41) is 0.800. The molecule has 0 bridgehead atoms. The molecule has 1 aliphatic rings. The van der Waals surface area contributed by atoms with Gasteiger partial charge in [-0.3, -0.25) is 4.79 Å². The van der Waals surface area contributed by atoms with Crippen molar-refractivity contribution in [1.29, 1.82) is 0 Å². The van der Waals surface area contributed by atoms with Crippen molar-refractivity contribution in [1.82, 2.24) is 14.9 Å². The topological polar surface area (TPSA) is 59.2 Å². The highest BCUT2D eigenvalue weighted by molar-refractivity contribution is 6.35. The second-order valence-electron chi connectivity index (χ2n) is 6.75. The molecule has 0 spiro atoms. The Morgan fingerprint density at radius 3 is 2.55 bits per heavy atom. The van der Waals surface area contributed by atoms with Crippen LogP contribution < -0.4 is 0 Å². The lowest BCUT2D eigenvalue weighted by atomic mass is 9.89. The highest BCUT2D eigenvalue weighted by atomic mass is 35.5. The normalized spacial score (nSPS) is 16.3. The van der Waals surface area contributed by atoms with Gasteiger partial charge in [0.15, 0.2) is 0 Å². The summed E-state index contributed by atoms with van der Waals surface area (Å²) in [7, 11) is 0. The number of carbonyl (C=O) groups excluding carboxylic acids is 1. The van der Waals surface area contributed by atoms with E-state index in [0.29, 0.717) is 22.4 Å². The Labute approximate surface area is 134 Å². The van der Waals surface area contributed by atoms with Gasteiger partial charge in [0.05, 0.1) is 10.9 Å². The number of aromatic nitrogens is 2.